The van der Waals surface area contributed by atoms with E-state index in [2.05, 4.69) is 259 Å². The number of piperidine rings is 5. The number of anilines is 8. The molecule has 0 unspecified atom stereocenters. The number of aryl methyl sites for hydroxylation is 1. The predicted octanol–water partition coefficient (Wildman–Crippen LogP) is 14.9. The molecule has 23 heteroatoms. The van der Waals surface area contributed by atoms with E-state index < -0.39 is 0 Å². The zero-order chi connectivity index (χ0) is 78.8. The molecular formula is C84H159N23. The number of rotatable bonds is 39. The Kier molecular flexibility index (Phi) is 29.8. The van der Waals surface area contributed by atoms with Crippen molar-refractivity contribution < 1.29 is 0 Å². The fraction of sp³-hybridized carbons (Fsp3) is 0.893. The minimum absolute atomic E-state index is 0.0393. The first-order chi connectivity index (χ1) is 49.8. The summed E-state index contributed by atoms with van der Waals surface area (Å²) in [6, 6.07) is 1.32. The molecule has 0 aliphatic carbocycles. The highest BCUT2D eigenvalue weighted by atomic mass is 15.4. The highest BCUT2D eigenvalue weighted by Crippen LogP contribution is 2.41. The Morgan fingerprint density at radius 3 is 0.757 bits per heavy atom. The zero-order valence-corrected chi connectivity index (χ0v) is 73.4. The summed E-state index contributed by atoms with van der Waals surface area (Å²) in [5.74, 6) is 6.73. The van der Waals surface area contributed by atoms with Crippen LogP contribution < -0.4 is 66.6 Å². The molecule has 8 rings (SSSR count). The molecule has 8 heterocycles. The van der Waals surface area contributed by atoms with Crippen molar-refractivity contribution in [3.05, 3.63) is 5.82 Å². The van der Waals surface area contributed by atoms with Crippen LogP contribution >= 0.6 is 0 Å². The number of hydrogen-bond acceptors (Lipinski definition) is 23. The molecule has 5 aliphatic rings. The van der Waals surface area contributed by atoms with E-state index in [-0.39, 0.29) is 85.6 Å². The molecule has 5 fully saturated rings. The molecule has 7 N–H and O–H groups in total. The van der Waals surface area contributed by atoms with Gasteiger partial charge in [0.2, 0.25) is 47.6 Å². The van der Waals surface area contributed by atoms with Crippen molar-refractivity contribution in [3.8, 4) is 0 Å². The lowest BCUT2D eigenvalue weighted by Gasteiger charge is -2.50. The molecule has 0 atom stereocenters. The third-order valence-corrected chi connectivity index (χ3v) is 23.0. The van der Waals surface area contributed by atoms with Crippen LogP contribution in [0.1, 0.15) is 320 Å². The quantitative estimate of drug-likeness (QED) is 0.0264. The van der Waals surface area contributed by atoms with Crippen LogP contribution in [0.3, 0.4) is 0 Å². The molecule has 3 aromatic rings. The Labute approximate surface area is 652 Å². The van der Waals surface area contributed by atoms with Gasteiger partial charge in [-0.3, -0.25) is 0 Å². The summed E-state index contributed by atoms with van der Waals surface area (Å²) in [6.07, 6.45) is 22.5. The SMILES string of the molecule is CCCCN(c1nc(C)nc(N(CCCNc2nc(N(CCCC)C3CC(C)(C)NC(C)(C)C3)nc(N(CCCC)C3CC(C)(C)NC(C)(C)C3)n2)CCN(C)CCCNc2nc(N(CCCC)C3CC(C)(C)NC(C)(C)C3)nc(N(CCCC)C3CC(C)(C)NC(C)(C)C3)n2)n1)C1CC(C)(C)NC(C)(C)C1. The minimum atomic E-state index is -0.0534. The van der Waals surface area contributed by atoms with E-state index in [1.54, 1.807) is 0 Å². The summed E-state index contributed by atoms with van der Waals surface area (Å²) in [5, 5.41) is 27.5. The fourth-order valence-electron chi connectivity index (χ4n) is 20.2. The molecule has 5 aliphatic heterocycles. The second kappa shape index (κ2) is 36.3. The van der Waals surface area contributed by atoms with Gasteiger partial charge in [0, 0.05) is 151 Å². The van der Waals surface area contributed by atoms with Crippen molar-refractivity contribution in [1.29, 1.82) is 0 Å². The van der Waals surface area contributed by atoms with Crippen molar-refractivity contribution in [3.63, 3.8) is 0 Å². The van der Waals surface area contributed by atoms with E-state index in [0.717, 1.165) is 248 Å². The average molecular weight is 1490 g/mol. The third kappa shape index (κ3) is 26.4. The van der Waals surface area contributed by atoms with Crippen LogP contribution in [0.25, 0.3) is 0 Å². The summed E-state index contributed by atoms with van der Waals surface area (Å²) in [4.78, 5) is 66.8. The normalized spacial score (nSPS) is 21.8. The molecule has 0 amide bonds. The van der Waals surface area contributed by atoms with Gasteiger partial charge in [0.1, 0.15) is 5.82 Å². The van der Waals surface area contributed by atoms with E-state index >= 15 is 0 Å². The maximum absolute atomic E-state index is 5.63. The van der Waals surface area contributed by atoms with Gasteiger partial charge in [-0.1, -0.05) is 66.7 Å². The summed E-state index contributed by atoms with van der Waals surface area (Å²) in [7, 11) is 2.26. The number of nitrogens with zero attached hydrogens (tertiary/aromatic N) is 16. The molecule has 23 nitrogen and oxygen atoms in total. The number of hydrogen-bond donors (Lipinski definition) is 7. The second-order valence-electron chi connectivity index (χ2n) is 40.4. The monoisotopic (exact) mass is 1490 g/mol. The lowest BCUT2D eigenvalue weighted by atomic mass is 9.79. The van der Waals surface area contributed by atoms with E-state index in [4.69, 9.17) is 44.9 Å². The van der Waals surface area contributed by atoms with Crippen LogP contribution in [0.15, 0.2) is 0 Å². The summed E-state index contributed by atoms with van der Waals surface area (Å²) in [5.41, 5.74) is -0.460. The summed E-state index contributed by atoms with van der Waals surface area (Å²) in [6.45, 7) is 69.6. The van der Waals surface area contributed by atoms with Crippen molar-refractivity contribution in [2.24, 2.45) is 0 Å². The minimum Gasteiger partial charge on any atom is -0.354 e. The Hall–Kier alpha value is -4.81. The molecular weight excluding hydrogens is 1330 g/mol. The molecule has 0 bridgehead atoms. The number of likely N-dealkylation sites (N-methyl/N-ethyl adjacent to an activating group) is 1. The van der Waals surface area contributed by atoms with Gasteiger partial charge >= 0.3 is 0 Å². The predicted molar refractivity (Wildman–Crippen MR) is 453 cm³/mol. The van der Waals surface area contributed by atoms with Crippen LogP contribution in [0.2, 0.25) is 0 Å². The van der Waals surface area contributed by atoms with Gasteiger partial charge in [0.05, 0.1) is 0 Å². The van der Waals surface area contributed by atoms with Gasteiger partial charge in [0.25, 0.3) is 0 Å². The van der Waals surface area contributed by atoms with Crippen LogP contribution in [-0.4, -0.2) is 214 Å². The zero-order valence-electron chi connectivity index (χ0n) is 73.4. The number of nitrogens with one attached hydrogen (secondary N) is 7. The molecule has 5 saturated heterocycles. The first-order valence-electron chi connectivity index (χ1n) is 42.8. The van der Waals surface area contributed by atoms with Crippen LogP contribution in [0.4, 0.5) is 47.6 Å². The largest absolute Gasteiger partial charge is 0.354 e. The van der Waals surface area contributed by atoms with Crippen LogP contribution in [-0.2, 0) is 0 Å². The van der Waals surface area contributed by atoms with E-state index in [1.807, 2.05) is 0 Å². The first-order valence-corrected chi connectivity index (χ1v) is 42.8. The Morgan fingerprint density at radius 2 is 0.505 bits per heavy atom. The topological polar surface area (TPSA) is 223 Å². The molecule has 107 heavy (non-hydrogen) atoms. The maximum Gasteiger partial charge on any atom is 0.232 e. The highest BCUT2D eigenvalue weighted by Gasteiger charge is 2.47. The smallest absolute Gasteiger partial charge is 0.232 e. The molecule has 0 saturated carbocycles. The number of aromatic nitrogens is 9. The van der Waals surface area contributed by atoms with Gasteiger partial charge in [-0.15, -0.1) is 0 Å². The van der Waals surface area contributed by atoms with Crippen molar-refractivity contribution in [2.45, 2.75) is 407 Å². The van der Waals surface area contributed by atoms with Gasteiger partial charge < -0.3 is 71.5 Å². The second-order valence-corrected chi connectivity index (χ2v) is 40.4. The van der Waals surface area contributed by atoms with Crippen molar-refractivity contribution in [2.75, 3.05) is 119 Å². The number of unbranched alkanes of at least 4 members (excludes halogenated alkanes) is 5. The average Bonchev–Trinajstić information content (AvgIpc) is 0.756. The van der Waals surface area contributed by atoms with Gasteiger partial charge in [-0.05, 0) is 268 Å². The lowest BCUT2D eigenvalue weighted by molar-refractivity contribution is 0.156. The van der Waals surface area contributed by atoms with E-state index in [0.29, 0.717) is 18.4 Å². The molecule has 0 spiro atoms. The van der Waals surface area contributed by atoms with Crippen LogP contribution in [0, 0.1) is 6.92 Å². The molecule has 0 aromatic carbocycles. The van der Waals surface area contributed by atoms with E-state index in [1.165, 1.54) is 0 Å². The van der Waals surface area contributed by atoms with Gasteiger partial charge in [-0.25, -0.2) is 0 Å². The third-order valence-electron chi connectivity index (χ3n) is 23.0. The lowest BCUT2D eigenvalue weighted by Crippen LogP contribution is -2.63. The Bertz CT molecular complexity index is 3010. The summed E-state index contributed by atoms with van der Waals surface area (Å²) >= 11 is 0. The molecule has 610 valence electrons. The fourth-order valence-corrected chi connectivity index (χ4v) is 20.2. The summed E-state index contributed by atoms with van der Waals surface area (Å²) < 4.78 is 0. The van der Waals surface area contributed by atoms with Crippen LogP contribution in [0.5, 0.6) is 0 Å². The van der Waals surface area contributed by atoms with Gasteiger partial charge in [-0.2, -0.15) is 44.9 Å². The standard InChI is InChI=1S/C84H159N23/c1-28-33-44-103(62-51-75(7,8)96-76(9,10)52-62)70-88-61(6)87-69(93-70)102(43-39-41-86-68-91-73(106(47-36-31-4)65-57-81(19,20)99-82(21,22)58-65)95-74(92-68)107(48-37-32-5)66-59-83(23,24)100-84(25,26)60-66)50-49-101(27)42-38-40-85-67-89-71(104(45-34-29-2)63-53-77(11,12)97-78(13,14)54-63)94-72(90-67)105(46-35-30-3)64-55-79(15,16)98-80(17,18)56-64/h62-66,96-100H,28-60H2,1-27H3,(H,85,89,90,94)(H,86,91,92,95). The molecule has 3 aromatic heterocycles. The Balaban J connectivity index is 1.09. The van der Waals surface area contributed by atoms with Gasteiger partial charge in [0.15, 0.2) is 0 Å². The maximum atomic E-state index is 5.63. The van der Waals surface area contributed by atoms with Crippen molar-refractivity contribution >= 4 is 47.6 Å². The van der Waals surface area contributed by atoms with E-state index in [9.17, 15) is 0 Å². The van der Waals surface area contributed by atoms with Crippen molar-refractivity contribution in [1.82, 2.24) is 76.3 Å². The molecule has 0 radical (unpaired) electrons. The highest BCUT2D eigenvalue weighted by molar-refractivity contribution is 5.50. The Morgan fingerprint density at radius 1 is 0.280 bits per heavy atom. The first kappa shape index (κ1) is 87.8.